The van der Waals surface area contributed by atoms with Gasteiger partial charge in [0.05, 0.1) is 0 Å². The second-order valence-corrected chi connectivity index (χ2v) is 6.95. The SMILES string of the molecule is OC(CNC1CCN(C2CC2)C1)COc1ccc(Br)cc1. The minimum atomic E-state index is -0.469. The zero-order valence-corrected chi connectivity index (χ0v) is 13.8. The van der Waals surface area contributed by atoms with Crippen molar-refractivity contribution in [3.63, 3.8) is 0 Å². The topological polar surface area (TPSA) is 44.7 Å². The van der Waals surface area contributed by atoms with Crippen molar-refractivity contribution in [3.05, 3.63) is 28.7 Å². The molecule has 1 saturated carbocycles. The summed E-state index contributed by atoms with van der Waals surface area (Å²) in [7, 11) is 0. The van der Waals surface area contributed by atoms with Crippen LogP contribution in [0.5, 0.6) is 5.75 Å². The van der Waals surface area contributed by atoms with E-state index in [0.29, 0.717) is 19.2 Å². The Labute approximate surface area is 134 Å². The highest BCUT2D eigenvalue weighted by Crippen LogP contribution is 2.29. The van der Waals surface area contributed by atoms with Crippen LogP contribution in [0.4, 0.5) is 0 Å². The quantitative estimate of drug-likeness (QED) is 0.786. The van der Waals surface area contributed by atoms with E-state index in [2.05, 4.69) is 26.1 Å². The largest absolute Gasteiger partial charge is 0.491 e. The van der Waals surface area contributed by atoms with Crippen molar-refractivity contribution in [2.75, 3.05) is 26.2 Å². The molecule has 0 bridgehead atoms. The molecular formula is C16H23BrN2O2. The molecule has 1 heterocycles. The van der Waals surface area contributed by atoms with Crippen LogP contribution < -0.4 is 10.1 Å². The molecule has 0 radical (unpaired) electrons. The maximum absolute atomic E-state index is 10.0. The predicted molar refractivity (Wildman–Crippen MR) is 86.6 cm³/mol. The van der Waals surface area contributed by atoms with E-state index in [1.165, 1.54) is 25.8 Å². The lowest BCUT2D eigenvalue weighted by Crippen LogP contribution is -2.39. The molecular weight excluding hydrogens is 332 g/mol. The zero-order chi connectivity index (χ0) is 14.7. The Balaban J connectivity index is 1.32. The molecule has 5 heteroatoms. The van der Waals surface area contributed by atoms with Crippen LogP contribution in [0.1, 0.15) is 19.3 Å². The first kappa shape index (κ1) is 15.3. The molecule has 21 heavy (non-hydrogen) atoms. The van der Waals surface area contributed by atoms with Crippen molar-refractivity contribution in [1.29, 1.82) is 0 Å². The van der Waals surface area contributed by atoms with Gasteiger partial charge >= 0.3 is 0 Å². The number of ether oxygens (including phenoxy) is 1. The van der Waals surface area contributed by atoms with Gasteiger partial charge in [0.1, 0.15) is 18.5 Å². The summed E-state index contributed by atoms with van der Waals surface area (Å²) in [6, 6.07) is 9.04. The van der Waals surface area contributed by atoms with E-state index in [9.17, 15) is 5.11 Å². The summed E-state index contributed by atoms with van der Waals surface area (Å²) in [6.07, 6.45) is 3.47. The van der Waals surface area contributed by atoms with Gasteiger partial charge in [0.25, 0.3) is 0 Å². The van der Waals surface area contributed by atoms with Gasteiger partial charge in [-0.25, -0.2) is 0 Å². The molecule has 0 spiro atoms. The number of nitrogens with zero attached hydrogens (tertiary/aromatic N) is 1. The summed E-state index contributed by atoms with van der Waals surface area (Å²) in [4.78, 5) is 2.57. The Morgan fingerprint density at radius 3 is 2.76 bits per heavy atom. The van der Waals surface area contributed by atoms with Gasteiger partial charge in [0, 0.05) is 36.2 Å². The fourth-order valence-corrected chi connectivity index (χ4v) is 3.07. The van der Waals surface area contributed by atoms with Crippen LogP contribution >= 0.6 is 15.9 Å². The average molecular weight is 355 g/mol. The number of likely N-dealkylation sites (tertiary alicyclic amines) is 1. The molecule has 3 rings (SSSR count). The molecule has 1 aromatic rings. The van der Waals surface area contributed by atoms with E-state index < -0.39 is 6.10 Å². The molecule has 0 aromatic heterocycles. The van der Waals surface area contributed by atoms with Crippen LogP contribution in [-0.2, 0) is 0 Å². The highest BCUT2D eigenvalue weighted by atomic mass is 79.9. The zero-order valence-electron chi connectivity index (χ0n) is 12.2. The van der Waals surface area contributed by atoms with Crippen molar-refractivity contribution in [3.8, 4) is 5.75 Å². The lowest BCUT2D eigenvalue weighted by Gasteiger charge is -2.18. The maximum Gasteiger partial charge on any atom is 0.119 e. The number of benzene rings is 1. The predicted octanol–water partition coefficient (Wildman–Crippen LogP) is 2.02. The van der Waals surface area contributed by atoms with Crippen molar-refractivity contribution in [1.82, 2.24) is 10.2 Å². The Morgan fingerprint density at radius 2 is 2.05 bits per heavy atom. The third-order valence-electron chi connectivity index (χ3n) is 4.18. The van der Waals surface area contributed by atoms with Gasteiger partial charge in [-0.3, -0.25) is 4.90 Å². The van der Waals surface area contributed by atoms with Gasteiger partial charge in [-0.1, -0.05) is 15.9 Å². The Morgan fingerprint density at radius 1 is 1.29 bits per heavy atom. The molecule has 2 aliphatic rings. The van der Waals surface area contributed by atoms with Gasteiger partial charge in [0.2, 0.25) is 0 Å². The monoisotopic (exact) mass is 354 g/mol. The number of aliphatic hydroxyl groups is 1. The molecule has 2 unspecified atom stereocenters. The molecule has 1 aliphatic carbocycles. The van der Waals surface area contributed by atoms with Crippen LogP contribution in [-0.4, -0.2) is 54.4 Å². The average Bonchev–Trinajstić information content (AvgIpc) is 3.23. The van der Waals surface area contributed by atoms with Crippen LogP contribution in [0.25, 0.3) is 0 Å². The lowest BCUT2D eigenvalue weighted by molar-refractivity contribution is 0.103. The van der Waals surface area contributed by atoms with Crippen LogP contribution in [0.3, 0.4) is 0 Å². The number of hydrogen-bond donors (Lipinski definition) is 2. The number of nitrogens with one attached hydrogen (secondary N) is 1. The van der Waals surface area contributed by atoms with Gasteiger partial charge in [0.15, 0.2) is 0 Å². The summed E-state index contributed by atoms with van der Waals surface area (Å²) in [6.45, 7) is 3.26. The number of aliphatic hydroxyl groups excluding tert-OH is 1. The molecule has 2 N–H and O–H groups in total. The van der Waals surface area contributed by atoms with Crippen molar-refractivity contribution >= 4 is 15.9 Å². The first-order chi connectivity index (χ1) is 10.2. The Kier molecular flexibility index (Phi) is 5.16. The molecule has 2 atom stereocenters. The molecule has 0 amide bonds. The van der Waals surface area contributed by atoms with E-state index in [-0.39, 0.29) is 0 Å². The molecule has 2 fully saturated rings. The Bertz CT molecular complexity index is 450. The summed E-state index contributed by atoms with van der Waals surface area (Å²) in [5.74, 6) is 0.790. The summed E-state index contributed by atoms with van der Waals surface area (Å²) in [5, 5.41) is 13.5. The van der Waals surface area contributed by atoms with Gasteiger partial charge in [-0.2, -0.15) is 0 Å². The van der Waals surface area contributed by atoms with Crippen molar-refractivity contribution < 1.29 is 9.84 Å². The highest BCUT2D eigenvalue weighted by Gasteiger charge is 2.34. The number of hydrogen-bond acceptors (Lipinski definition) is 4. The van der Waals surface area contributed by atoms with Crippen LogP contribution in [0.2, 0.25) is 0 Å². The lowest BCUT2D eigenvalue weighted by atomic mass is 10.2. The Hall–Kier alpha value is -0.620. The first-order valence-electron chi connectivity index (χ1n) is 7.74. The number of halogens is 1. The minimum absolute atomic E-state index is 0.327. The molecule has 1 aliphatic heterocycles. The smallest absolute Gasteiger partial charge is 0.119 e. The first-order valence-corrected chi connectivity index (χ1v) is 8.54. The number of rotatable bonds is 7. The van der Waals surface area contributed by atoms with E-state index in [4.69, 9.17) is 4.74 Å². The van der Waals surface area contributed by atoms with E-state index >= 15 is 0 Å². The van der Waals surface area contributed by atoms with E-state index in [1.807, 2.05) is 24.3 Å². The van der Waals surface area contributed by atoms with Crippen LogP contribution in [0, 0.1) is 0 Å². The van der Waals surface area contributed by atoms with Crippen molar-refractivity contribution in [2.24, 2.45) is 0 Å². The third kappa shape index (κ3) is 4.68. The van der Waals surface area contributed by atoms with E-state index in [0.717, 1.165) is 22.8 Å². The van der Waals surface area contributed by atoms with Gasteiger partial charge in [-0.15, -0.1) is 0 Å². The van der Waals surface area contributed by atoms with Crippen LogP contribution in [0.15, 0.2) is 28.7 Å². The molecule has 1 saturated heterocycles. The molecule has 116 valence electrons. The van der Waals surface area contributed by atoms with Crippen molar-refractivity contribution in [2.45, 2.75) is 37.5 Å². The standard InChI is InChI=1S/C16H23BrN2O2/c17-12-1-5-16(6-2-12)21-11-15(20)9-18-13-7-8-19(10-13)14-3-4-14/h1-2,5-6,13-15,18,20H,3-4,7-11H2. The summed E-state index contributed by atoms with van der Waals surface area (Å²) in [5.41, 5.74) is 0. The second-order valence-electron chi connectivity index (χ2n) is 6.04. The summed E-state index contributed by atoms with van der Waals surface area (Å²) < 4.78 is 6.61. The van der Waals surface area contributed by atoms with E-state index in [1.54, 1.807) is 0 Å². The fraction of sp³-hybridized carbons (Fsp3) is 0.625. The second kappa shape index (κ2) is 7.09. The normalized spacial score (nSPS) is 24.2. The van der Waals surface area contributed by atoms with Gasteiger partial charge < -0.3 is 15.2 Å². The minimum Gasteiger partial charge on any atom is -0.491 e. The maximum atomic E-state index is 10.0. The summed E-state index contributed by atoms with van der Waals surface area (Å²) >= 11 is 3.39. The van der Waals surface area contributed by atoms with Gasteiger partial charge in [-0.05, 0) is 43.5 Å². The third-order valence-corrected chi connectivity index (χ3v) is 4.71. The molecule has 1 aromatic carbocycles. The molecule has 4 nitrogen and oxygen atoms in total. The highest BCUT2D eigenvalue weighted by molar-refractivity contribution is 9.10. The fourth-order valence-electron chi connectivity index (χ4n) is 2.81.